The van der Waals surface area contributed by atoms with Gasteiger partial charge in [-0.1, -0.05) is 18.2 Å². The summed E-state index contributed by atoms with van der Waals surface area (Å²) in [4.78, 5) is 17.4. The van der Waals surface area contributed by atoms with Crippen molar-refractivity contribution in [2.75, 3.05) is 35.2 Å². The highest BCUT2D eigenvalue weighted by Gasteiger charge is 2.28. The Bertz CT molecular complexity index is 971. The lowest BCUT2D eigenvalue weighted by molar-refractivity contribution is -0.114. The quantitative estimate of drug-likeness (QED) is 0.739. The maximum atomic E-state index is 14.3. The Labute approximate surface area is 179 Å². The van der Waals surface area contributed by atoms with E-state index in [2.05, 4.69) is 30.1 Å². The summed E-state index contributed by atoms with van der Waals surface area (Å²) in [6.07, 6.45) is 1.90. The molecule has 0 aliphatic carbocycles. The van der Waals surface area contributed by atoms with Crippen LogP contribution in [0.1, 0.15) is 19.4 Å². The number of thioether (sulfide) groups is 1. The third-order valence-electron chi connectivity index (χ3n) is 5.35. The topological polar surface area (TPSA) is 35.6 Å². The molecular formula is C23H25F2N3OS. The summed E-state index contributed by atoms with van der Waals surface area (Å²) >= 11 is 1.47. The van der Waals surface area contributed by atoms with Crippen molar-refractivity contribution in [3.63, 3.8) is 0 Å². The Morgan fingerprint density at radius 2 is 1.80 bits per heavy atom. The number of hydrogen-bond donors (Lipinski definition) is 1. The molecule has 4 rings (SSSR count). The van der Waals surface area contributed by atoms with Crippen molar-refractivity contribution in [1.29, 1.82) is 0 Å². The van der Waals surface area contributed by atoms with Gasteiger partial charge in [-0.15, -0.1) is 11.8 Å². The maximum Gasteiger partial charge on any atom is 0.264 e. The molecule has 2 fully saturated rings. The monoisotopic (exact) mass is 429 g/mol. The van der Waals surface area contributed by atoms with Crippen molar-refractivity contribution in [3.8, 4) is 0 Å². The first-order chi connectivity index (χ1) is 14.4. The van der Waals surface area contributed by atoms with Gasteiger partial charge >= 0.3 is 0 Å². The molecule has 30 heavy (non-hydrogen) atoms. The van der Waals surface area contributed by atoms with Crippen LogP contribution in [0.2, 0.25) is 0 Å². The van der Waals surface area contributed by atoms with Crippen molar-refractivity contribution >= 4 is 35.1 Å². The molecule has 2 atom stereocenters. The molecule has 2 unspecified atom stereocenters. The number of amides is 1. The first kappa shape index (κ1) is 20.9. The smallest absolute Gasteiger partial charge is 0.264 e. The number of hydrogen-bond acceptors (Lipinski definition) is 4. The second-order valence-electron chi connectivity index (χ2n) is 7.84. The van der Waals surface area contributed by atoms with Crippen molar-refractivity contribution in [3.05, 3.63) is 64.6 Å². The van der Waals surface area contributed by atoms with Gasteiger partial charge in [-0.3, -0.25) is 4.79 Å². The fourth-order valence-electron chi connectivity index (χ4n) is 4.14. The molecule has 7 heteroatoms. The lowest BCUT2D eigenvalue weighted by Gasteiger charge is -2.38. The van der Waals surface area contributed by atoms with E-state index in [4.69, 9.17) is 0 Å². The van der Waals surface area contributed by atoms with Gasteiger partial charge in [-0.25, -0.2) is 8.78 Å². The van der Waals surface area contributed by atoms with E-state index in [1.807, 2.05) is 24.3 Å². The average molecular weight is 430 g/mol. The standard InChI is InChI=1S/C23H25F2N3OS/c1-15-13-27(14-16(2)26-15)20-6-4-3-5-17(20)11-22-23(29)28(9-10-30-22)21-8-7-18(24)12-19(21)25/h3-8,11-12,15-16,26H,9-10,13-14H2,1-2H3. The molecule has 2 heterocycles. The zero-order valence-electron chi connectivity index (χ0n) is 17.1. The van der Waals surface area contributed by atoms with Gasteiger partial charge in [0.25, 0.3) is 5.91 Å². The molecule has 0 radical (unpaired) electrons. The molecule has 0 saturated carbocycles. The van der Waals surface area contributed by atoms with Gasteiger partial charge in [0.05, 0.1) is 10.6 Å². The fraction of sp³-hybridized carbons (Fsp3) is 0.348. The number of carbonyl (C=O) groups is 1. The van der Waals surface area contributed by atoms with Crippen LogP contribution in [0.15, 0.2) is 47.4 Å². The van der Waals surface area contributed by atoms with Crippen LogP contribution in [-0.2, 0) is 4.79 Å². The molecule has 2 aromatic carbocycles. The van der Waals surface area contributed by atoms with E-state index in [1.54, 1.807) is 0 Å². The van der Waals surface area contributed by atoms with Gasteiger partial charge < -0.3 is 15.1 Å². The van der Waals surface area contributed by atoms with E-state index in [-0.39, 0.29) is 11.6 Å². The molecular weight excluding hydrogens is 404 g/mol. The SMILES string of the molecule is CC1CN(c2ccccc2C=C2SCCN(c3ccc(F)cc3F)C2=O)CC(C)N1. The third kappa shape index (κ3) is 4.37. The summed E-state index contributed by atoms with van der Waals surface area (Å²) in [7, 11) is 0. The van der Waals surface area contributed by atoms with Gasteiger partial charge in [0.2, 0.25) is 0 Å². The molecule has 0 bridgehead atoms. The molecule has 2 saturated heterocycles. The number of para-hydroxylation sites is 1. The van der Waals surface area contributed by atoms with Crippen molar-refractivity contribution in [1.82, 2.24) is 5.32 Å². The summed E-state index contributed by atoms with van der Waals surface area (Å²) in [6.45, 7) is 6.49. The predicted octanol–water partition coefficient (Wildman–Crippen LogP) is 4.27. The van der Waals surface area contributed by atoms with Crippen molar-refractivity contribution in [2.45, 2.75) is 25.9 Å². The molecule has 4 nitrogen and oxygen atoms in total. The number of piperazine rings is 1. The number of carbonyl (C=O) groups excluding carboxylic acids is 1. The molecule has 2 aliphatic rings. The number of nitrogens with zero attached hydrogens (tertiary/aromatic N) is 2. The van der Waals surface area contributed by atoms with E-state index in [0.717, 1.165) is 30.4 Å². The molecule has 0 spiro atoms. The van der Waals surface area contributed by atoms with Gasteiger partial charge in [0.15, 0.2) is 0 Å². The molecule has 2 aromatic rings. The van der Waals surface area contributed by atoms with Crippen molar-refractivity contribution < 1.29 is 13.6 Å². The van der Waals surface area contributed by atoms with E-state index < -0.39 is 11.6 Å². The minimum absolute atomic E-state index is 0.116. The highest BCUT2D eigenvalue weighted by atomic mass is 32.2. The molecule has 1 N–H and O–H groups in total. The first-order valence-electron chi connectivity index (χ1n) is 10.1. The second-order valence-corrected chi connectivity index (χ2v) is 8.98. The zero-order valence-corrected chi connectivity index (χ0v) is 17.9. The Kier molecular flexibility index (Phi) is 6.11. The van der Waals surface area contributed by atoms with Crippen LogP contribution in [0, 0.1) is 11.6 Å². The minimum atomic E-state index is -0.723. The number of benzene rings is 2. The number of anilines is 2. The van der Waals surface area contributed by atoms with E-state index >= 15 is 0 Å². The van der Waals surface area contributed by atoms with E-state index in [0.29, 0.717) is 29.3 Å². The average Bonchev–Trinajstić information content (AvgIpc) is 2.70. The van der Waals surface area contributed by atoms with Crippen molar-refractivity contribution in [2.24, 2.45) is 0 Å². The number of nitrogens with one attached hydrogen (secondary N) is 1. The zero-order chi connectivity index (χ0) is 21.3. The van der Waals surface area contributed by atoms with Crippen LogP contribution in [0.25, 0.3) is 6.08 Å². The Morgan fingerprint density at radius 3 is 2.53 bits per heavy atom. The third-order valence-corrected chi connectivity index (χ3v) is 6.34. The fourth-order valence-corrected chi connectivity index (χ4v) is 5.08. The van der Waals surface area contributed by atoms with E-state index in [9.17, 15) is 13.6 Å². The van der Waals surface area contributed by atoms with Crippen LogP contribution < -0.4 is 15.1 Å². The highest BCUT2D eigenvalue weighted by molar-refractivity contribution is 8.04. The Hall–Kier alpha value is -2.38. The van der Waals surface area contributed by atoms with Gasteiger partial charge in [-0.2, -0.15) is 0 Å². The van der Waals surface area contributed by atoms with E-state index in [1.165, 1.54) is 28.8 Å². The van der Waals surface area contributed by atoms with Crippen LogP contribution in [0.4, 0.5) is 20.2 Å². The highest BCUT2D eigenvalue weighted by Crippen LogP contribution is 2.33. The Morgan fingerprint density at radius 1 is 1.07 bits per heavy atom. The lowest BCUT2D eigenvalue weighted by atomic mass is 10.1. The van der Waals surface area contributed by atoms with Crippen LogP contribution in [-0.4, -0.2) is 43.4 Å². The van der Waals surface area contributed by atoms with Gasteiger partial charge in [-0.05, 0) is 43.7 Å². The Balaban J connectivity index is 1.64. The van der Waals surface area contributed by atoms with Gasteiger partial charge in [0, 0.05) is 49.2 Å². The largest absolute Gasteiger partial charge is 0.368 e. The van der Waals surface area contributed by atoms with Crippen LogP contribution in [0.3, 0.4) is 0 Å². The normalized spacial score (nSPS) is 23.9. The van der Waals surface area contributed by atoms with Crippen LogP contribution in [0.5, 0.6) is 0 Å². The maximum absolute atomic E-state index is 14.3. The summed E-state index contributed by atoms with van der Waals surface area (Å²) in [5.41, 5.74) is 2.17. The molecule has 158 valence electrons. The second kappa shape index (κ2) is 8.78. The minimum Gasteiger partial charge on any atom is -0.368 e. The summed E-state index contributed by atoms with van der Waals surface area (Å²) < 4.78 is 27.6. The predicted molar refractivity (Wildman–Crippen MR) is 120 cm³/mol. The number of halogens is 2. The van der Waals surface area contributed by atoms with Crippen LogP contribution >= 0.6 is 11.8 Å². The molecule has 2 aliphatic heterocycles. The lowest BCUT2D eigenvalue weighted by Crippen LogP contribution is -2.54. The number of rotatable bonds is 3. The summed E-state index contributed by atoms with van der Waals surface area (Å²) in [5, 5.41) is 3.54. The molecule has 1 amide bonds. The summed E-state index contributed by atoms with van der Waals surface area (Å²) in [6, 6.07) is 12.1. The summed E-state index contributed by atoms with van der Waals surface area (Å²) in [5.74, 6) is -0.982. The first-order valence-corrected chi connectivity index (χ1v) is 11.1. The van der Waals surface area contributed by atoms with Gasteiger partial charge in [0.1, 0.15) is 11.6 Å². The molecule has 0 aromatic heterocycles.